The molecule has 2 rings (SSSR count). The number of nitrogens with zero attached hydrogens (tertiary/aromatic N) is 1. The summed E-state index contributed by atoms with van der Waals surface area (Å²) in [6, 6.07) is 3.89. The van der Waals surface area contributed by atoms with Crippen molar-refractivity contribution in [2.24, 2.45) is 11.8 Å². The average Bonchev–Trinajstić information content (AvgIpc) is 2.32. The fourth-order valence-electron chi connectivity index (χ4n) is 3.05. The highest BCUT2D eigenvalue weighted by Gasteiger charge is 2.22. The fraction of sp³-hybridized carbons (Fsp3) is 0.600. The van der Waals surface area contributed by atoms with Crippen molar-refractivity contribution in [3.63, 3.8) is 0 Å². The van der Waals surface area contributed by atoms with E-state index in [1.54, 1.807) is 7.11 Å². The molecule has 0 radical (unpaired) electrons. The molecule has 0 aromatic heterocycles. The van der Waals surface area contributed by atoms with Crippen LogP contribution in [0.4, 0.5) is 0 Å². The lowest BCUT2D eigenvalue weighted by molar-refractivity contribution is 0.134. The lowest BCUT2D eigenvalue weighted by Gasteiger charge is -2.35. The zero-order valence-corrected chi connectivity index (χ0v) is 13.4. The van der Waals surface area contributed by atoms with Crippen molar-refractivity contribution in [2.75, 3.05) is 20.2 Å². The third-order valence-corrected chi connectivity index (χ3v) is 4.26. The summed E-state index contributed by atoms with van der Waals surface area (Å²) in [4.78, 5) is 2.48. The maximum Gasteiger partial charge on any atom is 0.172 e. The lowest BCUT2D eigenvalue weighted by Crippen LogP contribution is -2.38. The first-order chi connectivity index (χ1) is 8.99. The van der Waals surface area contributed by atoms with E-state index in [2.05, 4.69) is 34.7 Å². The molecule has 19 heavy (non-hydrogen) atoms. The Morgan fingerprint density at radius 1 is 1.32 bits per heavy atom. The minimum absolute atomic E-state index is 0.173. The zero-order chi connectivity index (χ0) is 14.0. The zero-order valence-electron chi connectivity index (χ0n) is 11.8. The molecule has 1 aromatic carbocycles. The van der Waals surface area contributed by atoms with Gasteiger partial charge in [0.15, 0.2) is 11.5 Å². The first kappa shape index (κ1) is 14.7. The highest BCUT2D eigenvalue weighted by atomic mass is 79.9. The number of methoxy groups -OCH3 is 1. The summed E-state index contributed by atoms with van der Waals surface area (Å²) >= 11 is 3.38. The molecule has 1 aliphatic rings. The molecule has 0 amide bonds. The second-order valence-corrected chi connectivity index (χ2v) is 6.62. The summed E-state index contributed by atoms with van der Waals surface area (Å²) in [5.74, 6) is 2.21. The molecule has 3 nitrogen and oxygen atoms in total. The van der Waals surface area contributed by atoms with Crippen molar-refractivity contribution < 1.29 is 9.84 Å². The van der Waals surface area contributed by atoms with E-state index in [9.17, 15) is 5.11 Å². The molecule has 1 aliphatic heterocycles. The van der Waals surface area contributed by atoms with Gasteiger partial charge in [0, 0.05) is 19.6 Å². The number of benzene rings is 1. The van der Waals surface area contributed by atoms with Crippen LogP contribution in [0.25, 0.3) is 0 Å². The molecule has 1 fully saturated rings. The van der Waals surface area contributed by atoms with Gasteiger partial charge < -0.3 is 9.84 Å². The normalized spacial score (nSPS) is 24.4. The van der Waals surface area contributed by atoms with Gasteiger partial charge >= 0.3 is 0 Å². The largest absolute Gasteiger partial charge is 0.503 e. The standard InChI is InChI=1S/C15H22BrNO2/c1-10-4-11(2)8-17(7-10)9-12-5-13(16)15(18)14(6-12)19-3/h5-6,10-11,18H,4,7-9H2,1-3H3. The van der Waals surface area contributed by atoms with Crippen molar-refractivity contribution in [1.82, 2.24) is 4.90 Å². The van der Waals surface area contributed by atoms with Crippen LogP contribution in [0.2, 0.25) is 0 Å². The van der Waals surface area contributed by atoms with Crippen molar-refractivity contribution >= 4 is 15.9 Å². The predicted octanol–water partition coefficient (Wildman–Crippen LogP) is 3.64. The van der Waals surface area contributed by atoms with Crippen LogP contribution >= 0.6 is 15.9 Å². The van der Waals surface area contributed by atoms with Crippen LogP contribution < -0.4 is 4.74 Å². The number of aromatic hydroxyl groups is 1. The molecular formula is C15H22BrNO2. The third kappa shape index (κ3) is 3.63. The van der Waals surface area contributed by atoms with Gasteiger partial charge in [-0.25, -0.2) is 0 Å². The van der Waals surface area contributed by atoms with Gasteiger partial charge in [-0.05, 0) is 51.9 Å². The van der Waals surface area contributed by atoms with Crippen LogP contribution in [0, 0.1) is 11.8 Å². The third-order valence-electron chi connectivity index (χ3n) is 3.66. The number of phenolic OH excluding ortho intramolecular Hbond substituents is 1. The molecule has 1 aromatic rings. The Morgan fingerprint density at radius 2 is 1.95 bits per heavy atom. The number of halogens is 1. The van der Waals surface area contributed by atoms with Gasteiger partial charge in [0.1, 0.15) is 0 Å². The fourth-order valence-corrected chi connectivity index (χ4v) is 3.54. The van der Waals surface area contributed by atoms with Crippen LogP contribution in [0.5, 0.6) is 11.5 Å². The summed E-state index contributed by atoms with van der Waals surface area (Å²) in [5.41, 5.74) is 1.17. The van der Waals surface area contributed by atoms with E-state index in [0.29, 0.717) is 10.2 Å². The number of ether oxygens (including phenoxy) is 1. The molecule has 106 valence electrons. The Kier molecular flexibility index (Phi) is 4.74. The molecule has 4 heteroatoms. The van der Waals surface area contributed by atoms with Gasteiger partial charge in [0.05, 0.1) is 11.6 Å². The molecular weight excluding hydrogens is 306 g/mol. The number of hydrogen-bond acceptors (Lipinski definition) is 3. The molecule has 2 unspecified atom stereocenters. The molecule has 0 saturated carbocycles. The Hall–Kier alpha value is -0.740. The summed E-state index contributed by atoms with van der Waals surface area (Å²) in [5, 5.41) is 9.83. The second kappa shape index (κ2) is 6.14. The van der Waals surface area contributed by atoms with E-state index in [0.717, 1.165) is 31.5 Å². The van der Waals surface area contributed by atoms with Crippen molar-refractivity contribution in [3.05, 3.63) is 22.2 Å². The maximum atomic E-state index is 9.83. The molecule has 1 heterocycles. The van der Waals surface area contributed by atoms with Crippen molar-refractivity contribution in [3.8, 4) is 11.5 Å². The Bertz CT molecular complexity index is 440. The molecule has 2 atom stereocenters. The number of rotatable bonds is 3. The quantitative estimate of drug-likeness (QED) is 0.919. The Morgan fingerprint density at radius 3 is 2.53 bits per heavy atom. The van der Waals surface area contributed by atoms with E-state index in [1.165, 1.54) is 12.0 Å². The van der Waals surface area contributed by atoms with Crippen LogP contribution in [-0.2, 0) is 6.54 Å². The van der Waals surface area contributed by atoms with Crippen LogP contribution in [0.1, 0.15) is 25.8 Å². The van der Waals surface area contributed by atoms with Gasteiger partial charge in [-0.3, -0.25) is 4.90 Å². The van der Waals surface area contributed by atoms with Gasteiger partial charge in [-0.1, -0.05) is 13.8 Å². The summed E-state index contributed by atoms with van der Waals surface area (Å²) in [7, 11) is 1.58. The van der Waals surface area contributed by atoms with Gasteiger partial charge in [0.2, 0.25) is 0 Å². The smallest absolute Gasteiger partial charge is 0.172 e. The average molecular weight is 328 g/mol. The first-order valence-electron chi connectivity index (χ1n) is 6.77. The van der Waals surface area contributed by atoms with E-state index in [1.807, 2.05) is 12.1 Å². The molecule has 0 spiro atoms. The number of hydrogen-bond donors (Lipinski definition) is 1. The maximum absolute atomic E-state index is 9.83. The Balaban J connectivity index is 2.12. The van der Waals surface area contributed by atoms with E-state index in [-0.39, 0.29) is 5.75 Å². The highest BCUT2D eigenvalue weighted by molar-refractivity contribution is 9.10. The minimum Gasteiger partial charge on any atom is -0.503 e. The van der Waals surface area contributed by atoms with Crippen LogP contribution in [-0.4, -0.2) is 30.2 Å². The predicted molar refractivity (Wildman–Crippen MR) is 80.6 cm³/mol. The Labute approximate surface area is 123 Å². The van der Waals surface area contributed by atoms with Crippen molar-refractivity contribution in [2.45, 2.75) is 26.8 Å². The second-order valence-electron chi connectivity index (χ2n) is 5.77. The molecule has 1 N–H and O–H groups in total. The highest BCUT2D eigenvalue weighted by Crippen LogP contribution is 2.35. The van der Waals surface area contributed by atoms with Gasteiger partial charge in [0.25, 0.3) is 0 Å². The topological polar surface area (TPSA) is 32.7 Å². The summed E-state index contributed by atoms with van der Waals surface area (Å²) in [6.07, 6.45) is 1.32. The molecule has 1 saturated heterocycles. The van der Waals surface area contributed by atoms with Crippen LogP contribution in [0.3, 0.4) is 0 Å². The first-order valence-corrected chi connectivity index (χ1v) is 7.56. The number of phenols is 1. The van der Waals surface area contributed by atoms with Crippen LogP contribution in [0.15, 0.2) is 16.6 Å². The molecule has 0 aliphatic carbocycles. The molecule has 0 bridgehead atoms. The monoisotopic (exact) mass is 327 g/mol. The SMILES string of the molecule is COc1cc(CN2CC(C)CC(C)C2)cc(Br)c1O. The van der Waals surface area contributed by atoms with E-state index >= 15 is 0 Å². The number of piperidine rings is 1. The summed E-state index contributed by atoms with van der Waals surface area (Å²) < 4.78 is 5.89. The minimum atomic E-state index is 0.173. The lowest BCUT2D eigenvalue weighted by atomic mass is 9.91. The van der Waals surface area contributed by atoms with Crippen molar-refractivity contribution in [1.29, 1.82) is 0 Å². The van der Waals surface area contributed by atoms with E-state index < -0.39 is 0 Å². The van der Waals surface area contributed by atoms with Gasteiger partial charge in [-0.2, -0.15) is 0 Å². The van der Waals surface area contributed by atoms with E-state index in [4.69, 9.17) is 4.74 Å². The summed E-state index contributed by atoms with van der Waals surface area (Å²) in [6.45, 7) is 7.83. The van der Waals surface area contributed by atoms with Gasteiger partial charge in [-0.15, -0.1) is 0 Å². The number of likely N-dealkylation sites (tertiary alicyclic amines) is 1.